The average molecular weight is 401 g/mol. The Balaban J connectivity index is 2.04. The van der Waals surface area contributed by atoms with Crippen molar-refractivity contribution in [2.75, 3.05) is 5.32 Å². The van der Waals surface area contributed by atoms with Gasteiger partial charge in [-0.2, -0.15) is 20.2 Å². The first kappa shape index (κ1) is 16.4. The summed E-state index contributed by atoms with van der Waals surface area (Å²) < 4.78 is 0.969. The van der Waals surface area contributed by atoms with Crippen molar-refractivity contribution in [3.63, 3.8) is 0 Å². The largest absolute Gasteiger partial charge is 0.324 e. The Morgan fingerprint density at radius 3 is 2.54 bits per heavy atom. The normalized spacial score (nSPS) is 10.2. The van der Waals surface area contributed by atoms with Crippen LogP contribution in [0.25, 0.3) is 11.4 Å². The fraction of sp³-hybridized carbons (Fsp3) is 0.0588. The van der Waals surface area contributed by atoms with Crippen molar-refractivity contribution in [2.45, 2.75) is 6.92 Å². The molecule has 118 valence electrons. The Bertz CT molecular complexity index is 935. The van der Waals surface area contributed by atoms with Crippen molar-refractivity contribution in [3.8, 4) is 17.5 Å². The molecule has 2 aromatic carbocycles. The molecule has 5 nitrogen and oxygen atoms in total. The molecule has 0 spiro atoms. The number of aromatic nitrogens is 3. The maximum Gasteiger partial charge on any atom is 0.237 e. The molecule has 0 saturated carbocycles. The van der Waals surface area contributed by atoms with Crippen LogP contribution in [0.1, 0.15) is 11.4 Å². The van der Waals surface area contributed by atoms with E-state index in [0.717, 1.165) is 21.3 Å². The fourth-order valence-corrected chi connectivity index (χ4v) is 2.54. The van der Waals surface area contributed by atoms with Crippen LogP contribution in [0.2, 0.25) is 5.02 Å². The van der Waals surface area contributed by atoms with E-state index in [2.05, 4.69) is 36.2 Å². The quantitative estimate of drug-likeness (QED) is 0.678. The van der Waals surface area contributed by atoms with Gasteiger partial charge in [0.25, 0.3) is 0 Å². The summed E-state index contributed by atoms with van der Waals surface area (Å²) in [6.07, 6.45) is 0. The summed E-state index contributed by atoms with van der Waals surface area (Å²) in [5.74, 6) is 0.749. The van der Waals surface area contributed by atoms with Crippen molar-refractivity contribution in [3.05, 3.63) is 63.3 Å². The van der Waals surface area contributed by atoms with Gasteiger partial charge in [0, 0.05) is 20.7 Å². The van der Waals surface area contributed by atoms with Gasteiger partial charge in [-0.15, -0.1) is 0 Å². The summed E-state index contributed by atoms with van der Waals surface area (Å²) in [6.45, 7) is 1.93. The number of benzene rings is 2. The third kappa shape index (κ3) is 3.70. The van der Waals surface area contributed by atoms with Crippen molar-refractivity contribution in [1.29, 1.82) is 5.26 Å². The first-order valence-corrected chi connectivity index (χ1v) is 8.17. The Morgan fingerprint density at radius 2 is 1.83 bits per heavy atom. The number of rotatable bonds is 3. The predicted molar refractivity (Wildman–Crippen MR) is 97.1 cm³/mol. The highest BCUT2D eigenvalue weighted by atomic mass is 79.9. The molecule has 0 bridgehead atoms. The number of anilines is 2. The number of nitriles is 1. The Kier molecular flexibility index (Phi) is 4.74. The van der Waals surface area contributed by atoms with Gasteiger partial charge < -0.3 is 5.32 Å². The second kappa shape index (κ2) is 6.95. The SMILES string of the molecule is Cc1ccc(Cl)cc1-c1nc(C#N)nc(Nc2ccc(Br)cc2)n1. The lowest BCUT2D eigenvalue weighted by Crippen LogP contribution is -2.04. The molecule has 7 heteroatoms. The van der Waals surface area contributed by atoms with Gasteiger partial charge in [-0.3, -0.25) is 0 Å². The monoisotopic (exact) mass is 399 g/mol. The summed E-state index contributed by atoms with van der Waals surface area (Å²) in [5.41, 5.74) is 2.53. The minimum Gasteiger partial charge on any atom is -0.324 e. The van der Waals surface area contributed by atoms with Crippen LogP contribution in [-0.2, 0) is 0 Å². The number of aryl methyl sites for hydroxylation is 1. The first-order chi connectivity index (χ1) is 11.5. The van der Waals surface area contributed by atoms with Gasteiger partial charge in [0.1, 0.15) is 6.07 Å². The van der Waals surface area contributed by atoms with Gasteiger partial charge in [-0.1, -0.05) is 33.6 Å². The molecular weight excluding hydrogens is 390 g/mol. The van der Waals surface area contributed by atoms with E-state index < -0.39 is 0 Å². The molecule has 0 aliphatic heterocycles. The number of nitrogens with zero attached hydrogens (tertiary/aromatic N) is 4. The van der Waals surface area contributed by atoms with Crippen LogP contribution in [0.4, 0.5) is 11.6 Å². The molecule has 0 radical (unpaired) electrons. The molecule has 0 fully saturated rings. The summed E-state index contributed by atoms with van der Waals surface area (Å²) in [4.78, 5) is 12.7. The summed E-state index contributed by atoms with van der Waals surface area (Å²) in [7, 11) is 0. The van der Waals surface area contributed by atoms with Gasteiger partial charge in [-0.05, 0) is 48.9 Å². The topological polar surface area (TPSA) is 74.5 Å². The van der Waals surface area contributed by atoms with Crippen LogP contribution in [-0.4, -0.2) is 15.0 Å². The van der Waals surface area contributed by atoms with Gasteiger partial charge >= 0.3 is 0 Å². The van der Waals surface area contributed by atoms with Crippen LogP contribution in [0.15, 0.2) is 46.9 Å². The van der Waals surface area contributed by atoms with Crippen LogP contribution < -0.4 is 5.32 Å². The fourth-order valence-electron chi connectivity index (χ4n) is 2.10. The van der Waals surface area contributed by atoms with E-state index in [1.54, 1.807) is 12.1 Å². The molecule has 1 heterocycles. The van der Waals surface area contributed by atoms with Gasteiger partial charge in [0.05, 0.1) is 0 Å². The lowest BCUT2D eigenvalue weighted by atomic mass is 10.1. The predicted octanol–water partition coefficient (Wildman–Crippen LogP) is 4.88. The van der Waals surface area contributed by atoms with Crippen LogP contribution in [0.3, 0.4) is 0 Å². The highest BCUT2D eigenvalue weighted by Gasteiger charge is 2.11. The van der Waals surface area contributed by atoms with E-state index in [9.17, 15) is 5.26 Å². The summed E-state index contributed by atoms with van der Waals surface area (Å²) >= 11 is 9.45. The summed E-state index contributed by atoms with van der Waals surface area (Å²) in [5, 5.41) is 12.9. The Labute approximate surface area is 152 Å². The smallest absolute Gasteiger partial charge is 0.237 e. The molecular formula is C17H11BrClN5. The minimum atomic E-state index is 0.0407. The third-order valence-corrected chi connectivity index (χ3v) is 4.04. The van der Waals surface area contributed by atoms with Gasteiger partial charge in [-0.25, -0.2) is 0 Å². The van der Waals surface area contributed by atoms with E-state index in [0.29, 0.717) is 16.8 Å². The molecule has 0 aliphatic carbocycles. The molecule has 24 heavy (non-hydrogen) atoms. The van der Waals surface area contributed by atoms with E-state index in [1.165, 1.54) is 0 Å². The zero-order chi connectivity index (χ0) is 17.1. The molecule has 0 atom stereocenters. The molecule has 0 aliphatic rings. The minimum absolute atomic E-state index is 0.0407. The van der Waals surface area contributed by atoms with E-state index >= 15 is 0 Å². The lowest BCUT2D eigenvalue weighted by Gasteiger charge is -2.09. The maximum absolute atomic E-state index is 9.20. The average Bonchev–Trinajstić information content (AvgIpc) is 2.59. The second-order valence-electron chi connectivity index (χ2n) is 5.01. The van der Waals surface area contributed by atoms with Gasteiger partial charge in [0.15, 0.2) is 5.82 Å². The van der Waals surface area contributed by atoms with Crippen molar-refractivity contribution < 1.29 is 0 Å². The van der Waals surface area contributed by atoms with E-state index in [4.69, 9.17) is 11.6 Å². The van der Waals surface area contributed by atoms with Gasteiger partial charge in [0.2, 0.25) is 11.8 Å². The molecule has 1 N–H and O–H groups in total. The Morgan fingerprint density at radius 1 is 1.08 bits per heavy atom. The number of hydrogen-bond donors (Lipinski definition) is 1. The molecule has 0 amide bonds. The van der Waals surface area contributed by atoms with Crippen molar-refractivity contribution >= 4 is 39.2 Å². The lowest BCUT2D eigenvalue weighted by molar-refractivity contribution is 1.03. The maximum atomic E-state index is 9.20. The molecule has 3 aromatic rings. The third-order valence-electron chi connectivity index (χ3n) is 3.28. The molecule has 0 saturated heterocycles. The zero-order valence-corrected chi connectivity index (χ0v) is 14.9. The highest BCUT2D eigenvalue weighted by molar-refractivity contribution is 9.10. The van der Waals surface area contributed by atoms with E-state index in [1.807, 2.05) is 43.3 Å². The number of nitrogens with one attached hydrogen (secondary N) is 1. The number of hydrogen-bond acceptors (Lipinski definition) is 5. The standard InChI is InChI=1S/C17H11BrClN5/c1-10-2-5-12(19)8-14(10)16-22-15(9-20)23-17(24-16)21-13-6-3-11(18)4-7-13/h2-8H,1H3,(H,21,22,23,24). The Hall–Kier alpha value is -2.49. The summed E-state index contributed by atoms with van der Waals surface area (Å²) in [6, 6.07) is 15.0. The molecule has 1 aromatic heterocycles. The van der Waals surface area contributed by atoms with Crippen molar-refractivity contribution in [1.82, 2.24) is 15.0 Å². The zero-order valence-electron chi connectivity index (χ0n) is 12.6. The van der Waals surface area contributed by atoms with Crippen LogP contribution in [0.5, 0.6) is 0 Å². The first-order valence-electron chi connectivity index (χ1n) is 7.00. The van der Waals surface area contributed by atoms with Crippen molar-refractivity contribution in [2.24, 2.45) is 0 Å². The molecule has 3 rings (SSSR count). The van der Waals surface area contributed by atoms with E-state index in [-0.39, 0.29) is 5.82 Å². The molecule has 0 unspecified atom stereocenters. The van der Waals surface area contributed by atoms with Crippen LogP contribution in [0, 0.1) is 18.3 Å². The second-order valence-corrected chi connectivity index (χ2v) is 6.36. The number of halogens is 2. The highest BCUT2D eigenvalue weighted by Crippen LogP contribution is 2.25. The van der Waals surface area contributed by atoms with Crippen LogP contribution >= 0.6 is 27.5 Å².